The van der Waals surface area contributed by atoms with Crippen molar-refractivity contribution in [2.75, 3.05) is 12.4 Å². The van der Waals surface area contributed by atoms with Crippen LogP contribution in [-0.4, -0.2) is 20.8 Å². The highest BCUT2D eigenvalue weighted by Gasteiger charge is 2.09. The van der Waals surface area contributed by atoms with Gasteiger partial charge >= 0.3 is 0 Å². The van der Waals surface area contributed by atoms with Gasteiger partial charge in [0.1, 0.15) is 12.4 Å². The molecule has 0 saturated carbocycles. The first-order valence-corrected chi connectivity index (χ1v) is 7.25. The third kappa shape index (κ3) is 4.75. The molecule has 5 heteroatoms. The molecule has 17 heavy (non-hydrogen) atoms. The Bertz CT molecular complexity index is 481. The molecule has 4 nitrogen and oxygen atoms in total. The summed E-state index contributed by atoms with van der Waals surface area (Å²) >= 11 is 0. The van der Waals surface area contributed by atoms with Crippen molar-refractivity contribution in [2.45, 2.75) is 26.7 Å². The van der Waals surface area contributed by atoms with Crippen LogP contribution in [0, 0.1) is 6.92 Å². The van der Waals surface area contributed by atoms with Crippen LogP contribution in [0.1, 0.15) is 30.9 Å². The zero-order chi connectivity index (χ0) is 13.1. The van der Waals surface area contributed by atoms with Gasteiger partial charge in [0.05, 0.1) is 5.75 Å². The first-order valence-electron chi connectivity index (χ1n) is 5.53. The maximum absolute atomic E-state index is 10.8. The molecular weight excluding hydrogens is 238 g/mol. The number of benzene rings is 1. The van der Waals surface area contributed by atoms with Gasteiger partial charge in [0.15, 0.2) is 0 Å². The summed E-state index contributed by atoms with van der Waals surface area (Å²) in [6.45, 7) is 6.19. The highest BCUT2D eigenvalue weighted by Crippen LogP contribution is 2.27. The van der Waals surface area contributed by atoms with Crippen molar-refractivity contribution in [1.82, 2.24) is 0 Å². The lowest BCUT2D eigenvalue weighted by molar-refractivity contribution is 0.335. The molecule has 0 amide bonds. The Morgan fingerprint density at radius 1 is 1.35 bits per heavy atom. The number of ether oxygens (including phenoxy) is 1. The maximum atomic E-state index is 10.8. The number of aryl methyl sites for hydroxylation is 1. The lowest BCUT2D eigenvalue weighted by Crippen LogP contribution is -2.21. The molecule has 0 atom stereocenters. The van der Waals surface area contributed by atoms with Crippen LogP contribution in [0.2, 0.25) is 0 Å². The van der Waals surface area contributed by atoms with Crippen molar-refractivity contribution in [3.8, 4) is 5.75 Å². The van der Waals surface area contributed by atoms with Crippen LogP contribution in [0.3, 0.4) is 0 Å². The molecule has 0 fully saturated rings. The van der Waals surface area contributed by atoms with Gasteiger partial charge in [-0.25, -0.2) is 13.6 Å². The quantitative estimate of drug-likeness (QED) is 0.874. The fourth-order valence-corrected chi connectivity index (χ4v) is 1.83. The van der Waals surface area contributed by atoms with Crippen molar-refractivity contribution in [3.05, 3.63) is 29.3 Å². The molecule has 0 aliphatic rings. The lowest BCUT2D eigenvalue weighted by Gasteiger charge is -2.14. The summed E-state index contributed by atoms with van der Waals surface area (Å²) < 4.78 is 27.1. The average molecular weight is 257 g/mol. The lowest BCUT2D eigenvalue weighted by atomic mass is 10.0. The van der Waals surface area contributed by atoms with E-state index in [0.29, 0.717) is 5.92 Å². The Morgan fingerprint density at radius 3 is 2.53 bits per heavy atom. The van der Waals surface area contributed by atoms with E-state index in [9.17, 15) is 8.42 Å². The third-order valence-corrected chi connectivity index (χ3v) is 3.15. The third-order valence-electron chi connectivity index (χ3n) is 2.42. The summed E-state index contributed by atoms with van der Waals surface area (Å²) in [5.74, 6) is 0.905. The number of nitrogens with two attached hydrogens (primary N) is 1. The van der Waals surface area contributed by atoms with Crippen LogP contribution in [0.25, 0.3) is 0 Å². The number of hydrogen-bond acceptors (Lipinski definition) is 3. The Kier molecular flexibility index (Phi) is 4.54. The molecule has 0 heterocycles. The molecule has 0 saturated heterocycles. The van der Waals surface area contributed by atoms with Crippen molar-refractivity contribution < 1.29 is 13.2 Å². The standard InChI is InChI=1S/C12H19NO3S/c1-9(2)11-5-4-10(3)8-12(11)16-6-7-17(13,14)15/h4-5,8-9H,6-7H2,1-3H3,(H2,13,14,15). The second-order valence-corrected chi connectivity index (χ2v) is 6.15. The summed E-state index contributed by atoms with van der Waals surface area (Å²) in [7, 11) is -3.46. The molecule has 0 aromatic heterocycles. The maximum Gasteiger partial charge on any atom is 0.212 e. The van der Waals surface area contributed by atoms with E-state index in [2.05, 4.69) is 13.8 Å². The molecule has 2 N–H and O–H groups in total. The molecule has 1 aromatic rings. The van der Waals surface area contributed by atoms with E-state index < -0.39 is 10.0 Å². The van der Waals surface area contributed by atoms with Crippen LogP contribution in [0.15, 0.2) is 18.2 Å². The molecule has 96 valence electrons. The molecule has 0 aliphatic carbocycles. The monoisotopic (exact) mass is 257 g/mol. The smallest absolute Gasteiger partial charge is 0.212 e. The molecule has 0 aliphatic heterocycles. The molecule has 0 unspecified atom stereocenters. The van der Waals surface area contributed by atoms with Gasteiger partial charge in [0, 0.05) is 0 Å². The fraction of sp³-hybridized carbons (Fsp3) is 0.500. The molecule has 1 aromatic carbocycles. The minimum atomic E-state index is -3.46. The number of sulfonamides is 1. The summed E-state index contributed by atoms with van der Waals surface area (Å²) in [5, 5.41) is 4.92. The highest BCUT2D eigenvalue weighted by molar-refractivity contribution is 7.89. The van der Waals surface area contributed by atoms with E-state index in [-0.39, 0.29) is 12.4 Å². The van der Waals surface area contributed by atoms with Crippen LogP contribution in [0.4, 0.5) is 0 Å². The second kappa shape index (κ2) is 5.51. The molecule has 0 bridgehead atoms. The Hall–Kier alpha value is -1.07. The Morgan fingerprint density at radius 2 is 2.00 bits per heavy atom. The minimum Gasteiger partial charge on any atom is -0.492 e. The fourth-order valence-electron chi connectivity index (χ4n) is 1.51. The van der Waals surface area contributed by atoms with E-state index >= 15 is 0 Å². The summed E-state index contributed by atoms with van der Waals surface area (Å²) in [6, 6.07) is 5.94. The molecule has 0 spiro atoms. The normalized spacial score (nSPS) is 11.8. The van der Waals surface area contributed by atoms with Crippen molar-refractivity contribution in [1.29, 1.82) is 0 Å². The Balaban J connectivity index is 2.79. The minimum absolute atomic E-state index is 0.0853. The van der Waals surface area contributed by atoms with Crippen LogP contribution in [-0.2, 0) is 10.0 Å². The predicted molar refractivity (Wildman–Crippen MR) is 68.7 cm³/mol. The van der Waals surface area contributed by atoms with Crippen molar-refractivity contribution in [3.63, 3.8) is 0 Å². The SMILES string of the molecule is Cc1ccc(C(C)C)c(OCCS(N)(=O)=O)c1. The van der Waals surface area contributed by atoms with Crippen LogP contribution in [0.5, 0.6) is 5.75 Å². The zero-order valence-corrected chi connectivity index (χ0v) is 11.3. The van der Waals surface area contributed by atoms with E-state index in [0.717, 1.165) is 16.9 Å². The van der Waals surface area contributed by atoms with Crippen molar-refractivity contribution >= 4 is 10.0 Å². The molecule has 0 radical (unpaired) electrons. The molecular formula is C12H19NO3S. The second-order valence-electron chi connectivity index (χ2n) is 4.41. The predicted octanol–water partition coefficient (Wildman–Crippen LogP) is 1.79. The van der Waals surface area contributed by atoms with E-state index in [1.165, 1.54) is 0 Å². The van der Waals surface area contributed by atoms with E-state index in [4.69, 9.17) is 9.88 Å². The van der Waals surface area contributed by atoms with Crippen LogP contribution >= 0.6 is 0 Å². The van der Waals surface area contributed by atoms with E-state index in [1.807, 2.05) is 25.1 Å². The largest absolute Gasteiger partial charge is 0.492 e. The zero-order valence-electron chi connectivity index (χ0n) is 10.4. The first kappa shape index (κ1) is 14.0. The van der Waals surface area contributed by atoms with Gasteiger partial charge < -0.3 is 4.74 Å². The van der Waals surface area contributed by atoms with Gasteiger partial charge in [-0.15, -0.1) is 0 Å². The summed E-state index contributed by atoms with van der Waals surface area (Å²) in [4.78, 5) is 0. The van der Waals surface area contributed by atoms with Gasteiger partial charge in [-0.05, 0) is 30.0 Å². The summed E-state index contributed by atoms with van der Waals surface area (Å²) in [6.07, 6.45) is 0. The number of hydrogen-bond donors (Lipinski definition) is 1. The van der Waals surface area contributed by atoms with Crippen molar-refractivity contribution in [2.24, 2.45) is 5.14 Å². The average Bonchev–Trinajstić information content (AvgIpc) is 2.15. The number of rotatable bonds is 5. The Labute approximate surface area is 103 Å². The summed E-state index contributed by atoms with van der Waals surface area (Å²) in [5.41, 5.74) is 2.16. The van der Waals surface area contributed by atoms with E-state index in [1.54, 1.807) is 0 Å². The van der Waals surface area contributed by atoms with Gasteiger partial charge in [-0.2, -0.15) is 0 Å². The molecule has 1 rings (SSSR count). The highest BCUT2D eigenvalue weighted by atomic mass is 32.2. The van der Waals surface area contributed by atoms with Crippen LogP contribution < -0.4 is 9.88 Å². The topological polar surface area (TPSA) is 69.4 Å². The first-order chi connectivity index (χ1) is 7.79. The van der Waals surface area contributed by atoms with Gasteiger partial charge in [0.2, 0.25) is 10.0 Å². The van der Waals surface area contributed by atoms with Gasteiger partial charge in [-0.1, -0.05) is 26.0 Å². The van der Waals surface area contributed by atoms with Gasteiger partial charge in [-0.3, -0.25) is 0 Å². The number of primary sulfonamides is 1. The van der Waals surface area contributed by atoms with Gasteiger partial charge in [0.25, 0.3) is 0 Å².